The van der Waals surface area contributed by atoms with Crippen LogP contribution in [0.15, 0.2) is 22.5 Å². The van der Waals surface area contributed by atoms with Gasteiger partial charge < -0.3 is 0 Å². The molecule has 1 unspecified atom stereocenters. The molecule has 0 aliphatic carbocycles. The minimum absolute atomic E-state index is 0.985. The Hall–Kier alpha value is 0.120. The van der Waals surface area contributed by atoms with E-state index in [4.69, 9.17) is 10.7 Å². The van der Waals surface area contributed by atoms with Gasteiger partial charge in [0.2, 0.25) is 0 Å². The Labute approximate surface area is 75.1 Å². The number of unbranched alkanes of at least 4 members (excludes halogenated alkanes) is 1. The summed E-state index contributed by atoms with van der Waals surface area (Å²) in [4.78, 5) is 0. The van der Waals surface area contributed by atoms with E-state index in [0.29, 0.717) is 0 Å². The third-order valence-corrected chi connectivity index (χ3v) is 5.06. The van der Waals surface area contributed by atoms with Crippen LogP contribution in [-0.4, -0.2) is 5.75 Å². The van der Waals surface area contributed by atoms with Gasteiger partial charge in [0.25, 0.3) is 0 Å². The van der Waals surface area contributed by atoms with E-state index in [9.17, 15) is 0 Å². The summed E-state index contributed by atoms with van der Waals surface area (Å²) in [5, 5.41) is 4.41. The van der Waals surface area contributed by atoms with Gasteiger partial charge in [-0.3, -0.25) is 0 Å². The van der Waals surface area contributed by atoms with Crippen molar-refractivity contribution in [2.75, 3.05) is 5.75 Å². The van der Waals surface area contributed by atoms with Gasteiger partial charge in [0.15, 0.2) is 0 Å². The third kappa shape index (κ3) is 2.57. The molecule has 0 bridgehead atoms. The van der Waals surface area contributed by atoms with Gasteiger partial charge in [-0.2, -0.15) is 0 Å². The highest BCUT2D eigenvalue weighted by atomic mass is 35.7. The number of hydrogen-bond donors (Lipinski definition) is 0. The lowest BCUT2D eigenvalue weighted by Gasteiger charge is -2.21. The third-order valence-electron chi connectivity index (χ3n) is 1.75. The molecule has 0 spiro atoms. The van der Waals surface area contributed by atoms with E-state index in [2.05, 4.69) is 30.7 Å². The van der Waals surface area contributed by atoms with E-state index in [-0.39, 0.29) is 0 Å². The summed E-state index contributed by atoms with van der Waals surface area (Å²) in [5.41, 5.74) is 1.33. The molecule has 1 rings (SSSR count). The summed E-state index contributed by atoms with van der Waals surface area (Å²) >= 11 is 0. The first-order valence-electron chi connectivity index (χ1n) is 4.03. The standard InChI is InChI=1S/C9H15ClS/c1-3-4-6-11(10)7-5-9(2)8-11/h5,7-8H,3-4,6H2,1-2H3. The fraction of sp³-hybridized carbons (Fsp3) is 0.556. The van der Waals surface area contributed by atoms with Crippen molar-refractivity contribution < 1.29 is 0 Å². The van der Waals surface area contributed by atoms with E-state index >= 15 is 0 Å². The van der Waals surface area contributed by atoms with E-state index in [0.717, 1.165) is 5.75 Å². The topological polar surface area (TPSA) is 0 Å². The normalized spacial score (nSPS) is 35.0. The zero-order valence-corrected chi connectivity index (χ0v) is 8.71. The van der Waals surface area contributed by atoms with Crippen molar-refractivity contribution in [2.45, 2.75) is 26.7 Å². The summed E-state index contributed by atoms with van der Waals surface area (Å²) in [5.74, 6) is 1.15. The van der Waals surface area contributed by atoms with Crippen LogP contribution in [0.25, 0.3) is 0 Å². The fourth-order valence-corrected chi connectivity index (χ4v) is 4.20. The summed E-state index contributed by atoms with van der Waals surface area (Å²) in [6, 6.07) is 0. The highest BCUT2D eigenvalue weighted by molar-refractivity contribution is 8.55. The Bertz CT molecular complexity index is 196. The van der Waals surface area contributed by atoms with Gasteiger partial charge >= 0.3 is 0 Å². The predicted octanol–water partition coefficient (Wildman–Crippen LogP) is 4.18. The highest BCUT2D eigenvalue weighted by Gasteiger charge is 2.17. The van der Waals surface area contributed by atoms with E-state index in [1.54, 1.807) is 0 Å². The van der Waals surface area contributed by atoms with Crippen LogP contribution >= 0.6 is 19.9 Å². The second kappa shape index (κ2) is 3.68. The second-order valence-electron chi connectivity index (χ2n) is 2.98. The lowest BCUT2D eigenvalue weighted by molar-refractivity contribution is 0.895. The second-order valence-corrected chi connectivity index (χ2v) is 7.13. The van der Waals surface area contributed by atoms with Gasteiger partial charge in [-0.15, -0.1) is 9.24 Å². The van der Waals surface area contributed by atoms with Crippen LogP contribution in [-0.2, 0) is 0 Å². The molecule has 1 aliphatic rings. The molecule has 0 nitrogen and oxygen atoms in total. The van der Waals surface area contributed by atoms with Crippen LogP contribution in [0.5, 0.6) is 0 Å². The molecule has 0 saturated heterocycles. The van der Waals surface area contributed by atoms with Gasteiger partial charge in [0, 0.05) is 0 Å². The van der Waals surface area contributed by atoms with Crippen LogP contribution in [0.1, 0.15) is 26.7 Å². The van der Waals surface area contributed by atoms with Crippen LogP contribution in [0.4, 0.5) is 0 Å². The van der Waals surface area contributed by atoms with Crippen molar-refractivity contribution in [1.82, 2.24) is 0 Å². The van der Waals surface area contributed by atoms with E-state index < -0.39 is 9.24 Å². The molecule has 2 heteroatoms. The number of rotatable bonds is 3. The average molecular weight is 191 g/mol. The van der Waals surface area contributed by atoms with Gasteiger partial charge in [0.1, 0.15) is 0 Å². The van der Waals surface area contributed by atoms with Gasteiger partial charge in [-0.1, -0.05) is 30.1 Å². The summed E-state index contributed by atoms with van der Waals surface area (Å²) in [7, 11) is 5.38. The summed E-state index contributed by atoms with van der Waals surface area (Å²) in [6.45, 7) is 4.31. The van der Waals surface area contributed by atoms with Crippen molar-refractivity contribution in [1.29, 1.82) is 0 Å². The lowest BCUT2D eigenvalue weighted by Crippen LogP contribution is -1.88. The Morgan fingerprint density at radius 3 is 2.73 bits per heavy atom. The van der Waals surface area contributed by atoms with Gasteiger partial charge in [-0.25, -0.2) is 0 Å². The molecular formula is C9H15ClS. The molecule has 0 N–H and O–H groups in total. The van der Waals surface area contributed by atoms with Crippen LogP contribution in [0, 0.1) is 0 Å². The molecule has 1 aliphatic heterocycles. The first kappa shape index (κ1) is 9.21. The lowest BCUT2D eigenvalue weighted by atomic mass is 10.4. The minimum atomic E-state index is -0.985. The zero-order chi connectivity index (χ0) is 8.32. The maximum absolute atomic E-state index is 6.36. The quantitative estimate of drug-likeness (QED) is 0.627. The molecule has 0 aromatic rings. The average Bonchev–Trinajstić information content (AvgIpc) is 2.28. The Morgan fingerprint density at radius 1 is 1.55 bits per heavy atom. The van der Waals surface area contributed by atoms with Gasteiger partial charge in [0.05, 0.1) is 0 Å². The highest BCUT2D eigenvalue weighted by Crippen LogP contribution is 2.60. The first-order valence-corrected chi connectivity index (χ1v) is 6.79. The molecule has 0 aromatic carbocycles. The number of hydrogen-bond acceptors (Lipinski definition) is 0. The Morgan fingerprint density at radius 2 is 2.27 bits per heavy atom. The van der Waals surface area contributed by atoms with Crippen LogP contribution in [0.3, 0.4) is 0 Å². The molecule has 0 radical (unpaired) electrons. The Kier molecular flexibility index (Phi) is 3.08. The summed E-state index contributed by atoms with van der Waals surface area (Å²) < 4.78 is 0. The molecular weight excluding hydrogens is 176 g/mol. The van der Waals surface area contributed by atoms with Crippen LogP contribution < -0.4 is 0 Å². The van der Waals surface area contributed by atoms with Gasteiger partial charge in [-0.05, 0) is 35.5 Å². The van der Waals surface area contributed by atoms with E-state index in [1.165, 1.54) is 18.4 Å². The maximum atomic E-state index is 6.36. The fourth-order valence-electron chi connectivity index (χ4n) is 1.10. The smallest absolute Gasteiger partial charge is 0.00293 e. The largest absolute Gasteiger partial charge is 0.122 e. The summed E-state index contributed by atoms with van der Waals surface area (Å²) in [6.07, 6.45) is 4.62. The Balaban J connectivity index is 2.50. The van der Waals surface area contributed by atoms with Crippen molar-refractivity contribution in [3.05, 3.63) is 22.5 Å². The zero-order valence-electron chi connectivity index (χ0n) is 7.14. The van der Waals surface area contributed by atoms with Crippen molar-refractivity contribution in [2.24, 2.45) is 0 Å². The van der Waals surface area contributed by atoms with Crippen molar-refractivity contribution in [3.63, 3.8) is 0 Å². The van der Waals surface area contributed by atoms with Crippen molar-refractivity contribution >= 4 is 19.9 Å². The minimum Gasteiger partial charge on any atom is -0.122 e. The SMILES string of the molecule is CCCCS1(Cl)C=CC(C)=C1. The molecule has 11 heavy (non-hydrogen) atoms. The maximum Gasteiger partial charge on any atom is -0.00293 e. The molecule has 64 valence electrons. The number of halogens is 1. The molecule has 0 saturated carbocycles. The molecule has 1 atom stereocenters. The predicted molar refractivity (Wildman–Crippen MR) is 56.1 cm³/mol. The molecule has 0 amide bonds. The monoisotopic (exact) mass is 190 g/mol. The van der Waals surface area contributed by atoms with E-state index in [1.807, 2.05) is 0 Å². The van der Waals surface area contributed by atoms with Crippen LogP contribution in [0.2, 0.25) is 0 Å². The molecule has 0 aromatic heterocycles. The number of allylic oxidation sites excluding steroid dienone is 2. The van der Waals surface area contributed by atoms with Crippen molar-refractivity contribution in [3.8, 4) is 0 Å². The first-order chi connectivity index (χ1) is 5.16. The molecule has 1 heterocycles. The molecule has 0 fully saturated rings.